The van der Waals surface area contributed by atoms with Crippen LogP contribution in [-0.2, 0) is 13.0 Å². The molecule has 2 aromatic carbocycles. The van der Waals surface area contributed by atoms with Gasteiger partial charge in [-0.05, 0) is 42.7 Å². The molecule has 3 N–H and O–H groups in total. The zero-order chi connectivity index (χ0) is 18.8. The minimum Gasteiger partial charge on any atom is -0.357 e. The number of halogens is 2. The largest absolute Gasteiger partial charge is 0.357 e. The molecule has 0 aromatic heterocycles. The normalized spacial score (nSPS) is 10.7. The van der Waals surface area contributed by atoms with Gasteiger partial charge in [-0.25, -0.2) is 4.99 Å². The summed E-state index contributed by atoms with van der Waals surface area (Å²) in [5.74, 6) is 0.671. The molecule has 0 radical (unpaired) electrons. The Labute approximate surface area is 183 Å². The van der Waals surface area contributed by atoms with Crippen LogP contribution in [0.5, 0.6) is 0 Å². The zero-order valence-electron chi connectivity index (χ0n) is 15.6. The number of carbonyl (C=O) groups excluding carboxylic acids is 1. The standard InChI is InChI=1S/C20H25ClN4O.HI/c1-3-23-20(25-14-17-8-4-5-10-18(17)21)24-12-11-15-7-6-9-16(13-15)19(26)22-2;/h4-10,13H,3,11-12,14H2,1-2H3,(H,22,26)(H2,23,24,25);1H. The average Bonchev–Trinajstić information content (AvgIpc) is 2.66. The van der Waals surface area contributed by atoms with Crippen molar-refractivity contribution in [2.45, 2.75) is 19.9 Å². The number of benzene rings is 2. The molecule has 2 aromatic rings. The Kier molecular flexibility index (Phi) is 10.8. The van der Waals surface area contributed by atoms with Gasteiger partial charge in [0.15, 0.2) is 5.96 Å². The highest BCUT2D eigenvalue weighted by molar-refractivity contribution is 14.0. The Morgan fingerprint density at radius 1 is 1.11 bits per heavy atom. The van der Waals surface area contributed by atoms with Crippen molar-refractivity contribution >= 4 is 47.4 Å². The number of hydrogen-bond acceptors (Lipinski definition) is 2. The van der Waals surface area contributed by atoms with E-state index in [-0.39, 0.29) is 29.9 Å². The van der Waals surface area contributed by atoms with Gasteiger partial charge < -0.3 is 16.0 Å². The third kappa shape index (κ3) is 7.76. The van der Waals surface area contributed by atoms with Crippen LogP contribution in [0.4, 0.5) is 0 Å². The second kappa shape index (κ2) is 12.6. The van der Waals surface area contributed by atoms with Gasteiger partial charge in [0.25, 0.3) is 5.91 Å². The van der Waals surface area contributed by atoms with E-state index in [0.29, 0.717) is 18.7 Å². The summed E-state index contributed by atoms with van der Waals surface area (Å²) in [4.78, 5) is 16.3. The number of amides is 1. The number of aliphatic imine (C=N–C) groups is 1. The molecule has 0 fully saturated rings. The summed E-state index contributed by atoms with van der Waals surface area (Å²) in [5, 5.41) is 9.91. The van der Waals surface area contributed by atoms with E-state index in [4.69, 9.17) is 11.6 Å². The summed E-state index contributed by atoms with van der Waals surface area (Å²) < 4.78 is 0. The molecule has 1 amide bonds. The Bertz CT molecular complexity index is 767. The van der Waals surface area contributed by atoms with Gasteiger partial charge in [-0.2, -0.15) is 0 Å². The van der Waals surface area contributed by atoms with Gasteiger partial charge in [-0.3, -0.25) is 4.79 Å². The lowest BCUT2D eigenvalue weighted by Crippen LogP contribution is -2.38. The SMILES string of the molecule is CCNC(=NCc1ccccc1Cl)NCCc1cccc(C(=O)NC)c1.I. The molecule has 7 heteroatoms. The van der Waals surface area contributed by atoms with Gasteiger partial charge in [0, 0.05) is 30.7 Å². The lowest BCUT2D eigenvalue weighted by Gasteiger charge is -2.12. The summed E-state index contributed by atoms with van der Waals surface area (Å²) >= 11 is 6.18. The van der Waals surface area contributed by atoms with Crippen molar-refractivity contribution in [3.63, 3.8) is 0 Å². The Morgan fingerprint density at radius 2 is 1.89 bits per heavy atom. The second-order valence-electron chi connectivity index (χ2n) is 5.74. The molecule has 0 aliphatic carbocycles. The van der Waals surface area contributed by atoms with Crippen molar-refractivity contribution in [2.24, 2.45) is 4.99 Å². The van der Waals surface area contributed by atoms with Gasteiger partial charge in [0.1, 0.15) is 0 Å². The van der Waals surface area contributed by atoms with Crippen LogP contribution in [-0.4, -0.2) is 32.0 Å². The van der Waals surface area contributed by atoms with Crippen LogP contribution in [0.3, 0.4) is 0 Å². The highest BCUT2D eigenvalue weighted by Gasteiger charge is 2.04. The lowest BCUT2D eigenvalue weighted by molar-refractivity contribution is 0.0963. The monoisotopic (exact) mass is 500 g/mol. The van der Waals surface area contributed by atoms with Gasteiger partial charge in [-0.15, -0.1) is 24.0 Å². The van der Waals surface area contributed by atoms with E-state index in [9.17, 15) is 4.79 Å². The molecule has 0 aliphatic heterocycles. The van der Waals surface area contributed by atoms with E-state index in [0.717, 1.165) is 35.1 Å². The van der Waals surface area contributed by atoms with Crippen LogP contribution >= 0.6 is 35.6 Å². The van der Waals surface area contributed by atoms with E-state index in [1.54, 1.807) is 7.05 Å². The number of nitrogens with zero attached hydrogens (tertiary/aromatic N) is 1. The molecule has 2 rings (SSSR count). The smallest absolute Gasteiger partial charge is 0.251 e. The quantitative estimate of drug-likeness (QED) is 0.309. The summed E-state index contributed by atoms with van der Waals surface area (Å²) in [7, 11) is 1.63. The van der Waals surface area contributed by atoms with Crippen molar-refractivity contribution in [3.05, 3.63) is 70.2 Å². The molecule has 0 spiro atoms. The molecule has 0 saturated carbocycles. The second-order valence-corrected chi connectivity index (χ2v) is 6.15. The van der Waals surface area contributed by atoms with Crippen LogP contribution in [0.25, 0.3) is 0 Å². The Morgan fingerprint density at radius 3 is 2.59 bits per heavy atom. The van der Waals surface area contributed by atoms with E-state index >= 15 is 0 Å². The maximum atomic E-state index is 11.7. The predicted octanol–water partition coefficient (Wildman–Crippen LogP) is 3.62. The first-order valence-electron chi connectivity index (χ1n) is 8.70. The minimum atomic E-state index is -0.0746. The van der Waals surface area contributed by atoms with E-state index in [1.807, 2.05) is 55.5 Å². The molecular formula is C20H26ClIN4O. The molecule has 0 unspecified atom stereocenters. The molecule has 0 bridgehead atoms. The fourth-order valence-corrected chi connectivity index (χ4v) is 2.67. The molecule has 0 aliphatic rings. The molecule has 0 atom stereocenters. The highest BCUT2D eigenvalue weighted by atomic mass is 127. The number of rotatable bonds is 7. The van der Waals surface area contributed by atoms with Crippen molar-refractivity contribution in [3.8, 4) is 0 Å². The predicted molar refractivity (Wildman–Crippen MR) is 123 cm³/mol. The maximum Gasteiger partial charge on any atom is 0.251 e. The van der Waals surface area contributed by atoms with Crippen molar-refractivity contribution in [2.75, 3.05) is 20.1 Å². The molecule has 0 heterocycles. The summed E-state index contributed by atoms with van der Waals surface area (Å²) in [5.41, 5.74) is 2.76. The highest BCUT2D eigenvalue weighted by Crippen LogP contribution is 2.15. The van der Waals surface area contributed by atoms with Gasteiger partial charge in [0.2, 0.25) is 0 Å². The van der Waals surface area contributed by atoms with Crippen LogP contribution < -0.4 is 16.0 Å². The van der Waals surface area contributed by atoms with Crippen molar-refractivity contribution in [1.29, 1.82) is 0 Å². The van der Waals surface area contributed by atoms with Gasteiger partial charge >= 0.3 is 0 Å². The summed E-state index contributed by atoms with van der Waals surface area (Å²) in [6, 6.07) is 15.3. The molecule has 5 nitrogen and oxygen atoms in total. The number of hydrogen-bond donors (Lipinski definition) is 3. The molecular weight excluding hydrogens is 475 g/mol. The van der Waals surface area contributed by atoms with Crippen molar-refractivity contribution < 1.29 is 4.79 Å². The Hall–Kier alpha value is -1.80. The number of carbonyl (C=O) groups is 1. The summed E-state index contributed by atoms with van der Waals surface area (Å²) in [6.45, 7) is 4.03. The van der Waals surface area contributed by atoms with E-state index < -0.39 is 0 Å². The van der Waals surface area contributed by atoms with E-state index in [1.165, 1.54) is 0 Å². The first kappa shape index (κ1) is 23.2. The number of nitrogens with one attached hydrogen (secondary N) is 3. The number of guanidine groups is 1. The first-order valence-corrected chi connectivity index (χ1v) is 9.08. The molecule has 0 saturated heterocycles. The minimum absolute atomic E-state index is 0. The lowest BCUT2D eigenvalue weighted by atomic mass is 10.1. The van der Waals surface area contributed by atoms with Crippen LogP contribution in [0, 0.1) is 0 Å². The van der Waals surface area contributed by atoms with Crippen LogP contribution in [0.2, 0.25) is 5.02 Å². The first-order chi connectivity index (χ1) is 12.6. The molecule has 27 heavy (non-hydrogen) atoms. The zero-order valence-corrected chi connectivity index (χ0v) is 18.7. The molecule has 146 valence electrons. The topological polar surface area (TPSA) is 65.5 Å². The van der Waals surface area contributed by atoms with E-state index in [2.05, 4.69) is 20.9 Å². The average molecular weight is 501 g/mol. The summed E-state index contributed by atoms with van der Waals surface area (Å²) in [6.07, 6.45) is 0.793. The third-order valence-electron chi connectivity index (χ3n) is 3.83. The fraction of sp³-hybridized carbons (Fsp3) is 0.300. The van der Waals surface area contributed by atoms with Gasteiger partial charge in [0.05, 0.1) is 6.54 Å². The maximum absolute atomic E-state index is 11.7. The van der Waals surface area contributed by atoms with Gasteiger partial charge in [-0.1, -0.05) is 41.9 Å². The van der Waals surface area contributed by atoms with Crippen molar-refractivity contribution in [1.82, 2.24) is 16.0 Å². The fourth-order valence-electron chi connectivity index (χ4n) is 2.47. The van der Waals surface area contributed by atoms with Crippen LogP contribution in [0.15, 0.2) is 53.5 Å². The van der Waals surface area contributed by atoms with Crippen LogP contribution in [0.1, 0.15) is 28.4 Å². The Balaban J connectivity index is 0.00000364. The third-order valence-corrected chi connectivity index (χ3v) is 4.20.